The molecule has 0 fully saturated rings. The van der Waals surface area contributed by atoms with Crippen LogP contribution in [0.2, 0.25) is 0 Å². The zero-order valence-electron chi connectivity index (χ0n) is 17.1. The van der Waals surface area contributed by atoms with Gasteiger partial charge in [-0.05, 0) is 62.9 Å². The summed E-state index contributed by atoms with van der Waals surface area (Å²) in [7, 11) is 0. The zero-order valence-corrected chi connectivity index (χ0v) is 17.1. The number of aromatic nitrogens is 4. The molecule has 0 saturated heterocycles. The molecule has 0 atom stereocenters. The smallest absolute Gasteiger partial charge is 0.254 e. The Bertz CT molecular complexity index is 1240. The van der Waals surface area contributed by atoms with Crippen LogP contribution in [-0.2, 0) is 19.3 Å². The van der Waals surface area contributed by atoms with E-state index in [4.69, 9.17) is 15.1 Å². The van der Waals surface area contributed by atoms with Crippen LogP contribution in [0.3, 0.4) is 0 Å². The van der Waals surface area contributed by atoms with Gasteiger partial charge in [-0.1, -0.05) is 29.8 Å². The fourth-order valence-corrected chi connectivity index (χ4v) is 3.94. The molecule has 0 aliphatic heterocycles. The maximum absolute atomic E-state index is 11.6. The zero-order chi connectivity index (χ0) is 20.7. The van der Waals surface area contributed by atoms with Gasteiger partial charge >= 0.3 is 0 Å². The third-order valence-electron chi connectivity index (χ3n) is 5.59. The number of fused-ring (bicyclic) bond motifs is 2. The Hall–Kier alpha value is -3.54. The monoisotopic (exact) mass is 397 g/mol. The second-order valence-electron chi connectivity index (χ2n) is 7.90. The molecule has 150 valence electrons. The third-order valence-corrected chi connectivity index (χ3v) is 5.59. The van der Waals surface area contributed by atoms with Crippen molar-refractivity contribution in [1.29, 1.82) is 0 Å². The van der Waals surface area contributed by atoms with E-state index in [9.17, 15) is 4.79 Å². The average Bonchev–Trinajstić information content (AvgIpc) is 3.36. The van der Waals surface area contributed by atoms with Crippen LogP contribution in [0.25, 0.3) is 5.78 Å². The molecule has 2 heterocycles. The van der Waals surface area contributed by atoms with Gasteiger partial charge in [-0.15, -0.1) is 5.10 Å². The molecule has 0 saturated carbocycles. The van der Waals surface area contributed by atoms with E-state index in [-0.39, 0.29) is 5.78 Å². The van der Waals surface area contributed by atoms with E-state index >= 15 is 0 Å². The number of benzene rings is 2. The van der Waals surface area contributed by atoms with E-state index in [1.165, 1.54) is 16.7 Å². The van der Waals surface area contributed by atoms with Crippen molar-refractivity contribution in [3.63, 3.8) is 0 Å². The molecule has 6 nitrogen and oxygen atoms in total. The van der Waals surface area contributed by atoms with Crippen molar-refractivity contribution in [1.82, 2.24) is 19.6 Å². The topological polar surface area (TPSA) is 72.2 Å². The number of anilines is 2. The minimum absolute atomic E-state index is 0.0609. The molecule has 2 aromatic carbocycles. The Morgan fingerprint density at radius 3 is 2.53 bits per heavy atom. The van der Waals surface area contributed by atoms with Crippen molar-refractivity contribution in [2.24, 2.45) is 0 Å². The lowest BCUT2D eigenvalue weighted by molar-refractivity contribution is 0.101. The summed E-state index contributed by atoms with van der Waals surface area (Å²) in [5.74, 6) is 2.36. The summed E-state index contributed by atoms with van der Waals surface area (Å²) in [6.45, 7) is 3.66. The summed E-state index contributed by atoms with van der Waals surface area (Å²) in [5.41, 5.74) is 6.33. The first-order chi connectivity index (χ1) is 14.6. The van der Waals surface area contributed by atoms with Crippen molar-refractivity contribution in [3.8, 4) is 0 Å². The summed E-state index contributed by atoms with van der Waals surface area (Å²) in [5, 5.41) is 8.28. The van der Waals surface area contributed by atoms with Crippen molar-refractivity contribution in [3.05, 3.63) is 82.3 Å². The minimum Gasteiger partial charge on any atom is -0.340 e. The van der Waals surface area contributed by atoms with Gasteiger partial charge in [0, 0.05) is 23.2 Å². The first-order valence-corrected chi connectivity index (χ1v) is 10.3. The lowest BCUT2D eigenvalue weighted by Gasteiger charge is -2.12. The maximum Gasteiger partial charge on any atom is 0.254 e. The van der Waals surface area contributed by atoms with Crippen LogP contribution in [0.5, 0.6) is 0 Å². The summed E-state index contributed by atoms with van der Waals surface area (Å²) >= 11 is 0. The molecule has 0 radical (unpaired) electrons. The molecule has 1 N–H and O–H groups in total. The largest absolute Gasteiger partial charge is 0.340 e. The van der Waals surface area contributed by atoms with Crippen LogP contribution < -0.4 is 5.32 Å². The number of hydrogen-bond acceptors (Lipinski definition) is 5. The molecule has 0 spiro atoms. The SMILES string of the molecule is CC(=O)c1ccc(Nc2c3c(nc4nc(Cc5ccc(C)cc5)nn24)CCC3)cc1. The highest BCUT2D eigenvalue weighted by Crippen LogP contribution is 2.30. The van der Waals surface area contributed by atoms with Gasteiger partial charge < -0.3 is 5.32 Å². The number of nitrogens with one attached hydrogen (secondary N) is 1. The van der Waals surface area contributed by atoms with Crippen molar-refractivity contribution in [2.45, 2.75) is 39.5 Å². The molecule has 1 aliphatic carbocycles. The Labute approximate surface area is 175 Å². The maximum atomic E-state index is 11.6. The van der Waals surface area contributed by atoms with Gasteiger partial charge in [0.1, 0.15) is 5.82 Å². The van der Waals surface area contributed by atoms with E-state index in [1.54, 1.807) is 6.92 Å². The van der Waals surface area contributed by atoms with Crippen molar-refractivity contribution >= 4 is 23.1 Å². The molecule has 0 unspecified atom stereocenters. The number of carbonyl (C=O) groups excluding carboxylic acids is 1. The number of hydrogen-bond donors (Lipinski definition) is 1. The minimum atomic E-state index is 0.0609. The normalized spacial score (nSPS) is 12.9. The summed E-state index contributed by atoms with van der Waals surface area (Å²) in [4.78, 5) is 21.0. The number of rotatable bonds is 5. The summed E-state index contributed by atoms with van der Waals surface area (Å²) < 4.78 is 1.83. The Balaban J connectivity index is 1.53. The quantitative estimate of drug-likeness (QED) is 0.504. The van der Waals surface area contributed by atoms with E-state index < -0.39 is 0 Å². The van der Waals surface area contributed by atoms with E-state index in [2.05, 4.69) is 36.5 Å². The number of nitrogens with zero attached hydrogens (tertiary/aromatic N) is 4. The number of Topliss-reactive ketones (excluding diaryl/α,β-unsaturated/α-hetero) is 1. The van der Waals surface area contributed by atoms with Gasteiger partial charge in [0.15, 0.2) is 11.6 Å². The van der Waals surface area contributed by atoms with Crippen LogP contribution in [-0.4, -0.2) is 25.4 Å². The molecular formula is C24H23N5O. The highest BCUT2D eigenvalue weighted by Gasteiger charge is 2.22. The molecule has 6 heteroatoms. The summed E-state index contributed by atoms with van der Waals surface area (Å²) in [6.07, 6.45) is 3.69. The van der Waals surface area contributed by atoms with Gasteiger partial charge in [0.05, 0.1) is 5.69 Å². The Morgan fingerprint density at radius 1 is 1.03 bits per heavy atom. The van der Waals surface area contributed by atoms with Crippen LogP contribution in [0.1, 0.15) is 51.9 Å². The van der Waals surface area contributed by atoms with Gasteiger partial charge in [0.2, 0.25) is 0 Å². The van der Waals surface area contributed by atoms with E-state index in [0.717, 1.165) is 42.3 Å². The molecule has 5 rings (SSSR count). The Morgan fingerprint density at radius 2 is 1.80 bits per heavy atom. The predicted molar refractivity (Wildman–Crippen MR) is 117 cm³/mol. The van der Waals surface area contributed by atoms with Crippen molar-refractivity contribution in [2.75, 3.05) is 5.32 Å². The predicted octanol–water partition coefficient (Wildman–Crippen LogP) is 4.46. The van der Waals surface area contributed by atoms with Crippen LogP contribution in [0.15, 0.2) is 48.5 Å². The second-order valence-corrected chi connectivity index (χ2v) is 7.90. The Kier molecular flexibility index (Phi) is 4.54. The van der Waals surface area contributed by atoms with Crippen LogP contribution in [0, 0.1) is 6.92 Å². The number of carbonyl (C=O) groups is 1. The number of aryl methyl sites for hydroxylation is 2. The fraction of sp³-hybridized carbons (Fsp3) is 0.250. The number of ketones is 1. The summed E-state index contributed by atoms with van der Waals surface area (Å²) in [6, 6.07) is 16.0. The van der Waals surface area contributed by atoms with Gasteiger partial charge in [-0.2, -0.15) is 9.50 Å². The average molecular weight is 397 g/mol. The molecule has 0 amide bonds. The van der Waals surface area contributed by atoms with Crippen LogP contribution in [0.4, 0.5) is 11.5 Å². The lowest BCUT2D eigenvalue weighted by atomic mass is 10.1. The second kappa shape index (κ2) is 7.37. The highest BCUT2D eigenvalue weighted by molar-refractivity contribution is 5.94. The standard InChI is InChI=1S/C24H23N5O/c1-15-6-8-17(9-7-15)14-22-27-24-26-21-5-3-4-20(21)23(29(24)28-22)25-19-12-10-18(11-13-19)16(2)30/h6-13,25H,3-5,14H2,1-2H3. The molecule has 2 aromatic heterocycles. The molecule has 0 bridgehead atoms. The fourth-order valence-electron chi connectivity index (χ4n) is 3.94. The van der Waals surface area contributed by atoms with E-state index in [1.807, 2.05) is 28.8 Å². The van der Waals surface area contributed by atoms with Gasteiger partial charge in [0.25, 0.3) is 5.78 Å². The lowest BCUT2D eigenvalue weighted by Crippen LogP contribution is -2.07. The first kappa shape index (κ1) is 18.5. The van der Waals surface area contributed by atoms with E-state index in [0.29, 0.717) is 17.8 Å². The molecule has 30 heavy (non-hydrogen) atoms. The molecular weight excluding hydrogens is 374 g/mol. The van der Waals surface area contributed by atoms with Crippen LogP contribution >= 0.6 is 0 Å². The molecule has 1 aliphatic rings. The highest BCUT2D eigenvalue weighted by atomic mass is 16.1. The van der Waals surface area contributed by atoms with Crippen molar-refractivity contribution < 1.29 is 4.79 Å². The molecule has 4 aromatic rings. The first-order valence-electron chi connectivity index (χ1n) is 10.3. The third kappa shape index (κ3) is 3.45. The van der Waals surface area contributed by atoms with Gasteiger partial charge in [-0.25, -0.2) is 4.98 Å². The van der Waals surface area contributed by atoms with Gasteiger partial charge in [-0.3, -0.25) is 4.79 Å².